The molecule has 0 radical (unpaired) electrons. The number of alkyl carbamates (subject to hydrolysis) is 1. The Kier molecular flexibility index (Phi) is 8.35. The number of nitrogens with one attached hydrogen (secondary N) is 1. The van der Waals surface area contributed by atoms with E-state index in [9.17, 15) is 14.7 Å². The number of ether oxygens (including phenoxy) is 3. The van der Waals surface area contributed by atoms with Crippen LogP contribution in [0.3, 0.4) is 0 Å². The first kappa shape index (κ1) is 25.6. The molecule has 1 amide bonds. The molecule has 0 atom stereocenters. The highest BCUT2D eigenvalue weighted by molar-refractivity contribution is 5.77. The van der Waals surface area contributed by atoms with E-state index in [0.29, 0.717) is 36.0 Å². The van der Waals surface area contributed by atoms with Gasteiger partial charge in [0.1, 0.15) is 17.3 Å². The summed E-state index contributed by atoms with van der Waals surface area (Å²) in [6, 6.07) is 14.7. The minimum atomic E-state index is -1.46. The van der Waals surface area contributed by atoms with Gasteiger partial charge in [-0.25, -0.2) is 14.6 Å². The van der Waals surface area contributed by atoms with Gasteiger partial charge in [-0.3, -0.25) is 0 Å². The Morgan fingerprint density at radius 3 is 2.57 bits per heavy atom. The Morgan fingerprint density at radius 1 is 1.14 bits per heavy atom. The number of aromatic nitrogens is 1. The molecule has 0 unspecified atom stereocenters. The van der Waals surface area contributed by atoms with Crippen molar-refractivity contribution >= 4 is 12.1 Å². The molecule has 9 nitrogen and oxygen atoms in total. The van der Waals surface area contributed by atoms with E-state index in [4.69, 9.17) is 18.6 Å². The number of amides is 1. The number of hydrogen-bond donors (Lipinski definition) is 2. The van der Waals surface area contributed by atoms with Gasteiger partial charge in [0, 0.05) is 24.1 Å². The summed E-state index contributed by atoms with van der Waals surface area (Å²) >= 11 is 0. The van der Waals surface area contributed by atoms with Crippen LogP contribution in [0.25, 0.3) is 11.5 Å². The first-order valence-corrected chi connectivity index (χ1v) is 11.3. The summed E-state index contributed by atoms with van der Waals surface area (Å²) in [7, 11) is 0. The van der Waals surface area contributed by atoms with Gasteiger partial charge in [0.05, 0.1) is 18.9 Å². The Morgan fingerprint density at radius 2 is 1.89 bits per heavy atom. The Hall–Kier alpha value is -4.01. The molecule has 0 aliphatic heterocycles. The Labute approximate surface area is 204 Å². The van der Waals surface area contributed by atoms with Crippen molar-refractivity contribution < 1.29 is 33.3 Å². The molecule has 0 spiro atoms. The van der Waals surface area contributed by atoms with Crippen molar-refractivity contribution in [1.82, 2.24) is 10.3 Å². The van der Waals surface area contributed by atoms with Crippen LogP contribution in [0.15, 0.2) is 52.9 Å². The number of oxazole rings is 1. The Balaban J connectivity index is 1.70. The van der Waals surface area contributed by atoms with Gasteiger partial charge >= 0.3 is 12.1 Å². The van der Waals surface area contributed by atoms with E-state index < -0.39 is 17.7 Å². The lowest BCUT2D eigenvalue weighted by molar-refractivity contribution is -0.152. The van der Waals surface area contributed by atoms with Crippen LogP contribution in [0.1, 0.15) is 37.8 Å². The van der Waals surface area contributed by atoms with Gasteiger partial charge in [-0.05, 0) is 58.0 Å². The second-order valence-corrected chi connectivity index (χ2v) is 8.25. The summed E-state index contributed by atoms with van der Waals surface area (Å²) in [6.45, 7) is 7.12. The topological polar surface area (TPSA) is 120 Å². The van der Waals surface area contributed by atoms with Crippen molar-refractivity contribution in [3.05, 3.63) is 65.5 Å². The normalized spacial score (nSPS) is 11.1. The van der Waals surface area contributed by atoms with Gasteiger partial charge in [0.25, 0.3) is 0 Å². The largest absolute Gasteiger partial charge is 0.493 e. The summed E-state index contributed by atoms with van der Waals surface area (Å²) in [5, 5.41) is 12.0. The zero-order valence-corrected chi connectivity index (χ0v) is 20.3. The highest BCUT2D eigenvalue weighted by Gasteiger charge is 2.30. The van der Waals surface area contributed by atoms with E-state index in [1.165, 1.54) is 13.8 Å². The maximum atomic E-state index is 11.8. The molecule has 9 heteroatoms. The summed E-state index contributed by atoms with van der Waals surface area (Å²) in [5.41, 5.74) is 0.800. The molecule has 0 saturated heterocycles. The number of rotatable bonds is 11. The quantitative estimate of drug-likeness (QED) is 0.401. The first-order valence-electron chi connectivity index (χ1n) is 11.3. The van der Waals surface area contributed by atoms with Crippen LogP contribution in [0.2, 0.25) is 0 Å². The lowest BCUT2D eigenvalue weighted by Crippen LogP contribution is -2.38. The van der Waals surface area contributed by atoms with Crippen molar-refractivity contribution in [1.29, 1.82) is 0 Å². The zero-order chi connectivity index (χ0) is 25.4. The number of carbonyl (C=O) groups is 2. The fourth-order valence-electron chi connectivity index (χ4n) is 3.18. The lowest BCUT2D eigenvalue weighted by atomic mass is 10.1. The molecule has 0 fully saturated rings. The SMILES string of the molecule is CCOC(=O)NCc1cc(OCCc2nc(-c3ccccc3)oc2C)ccc1OC(C)(C)C(=O)O. The second-order valence-electron chi connectivity index (χ2n) is 8.25. The molecular weight excluding hydrogens is 452 g/mol. The van der Waals surface area contributed by atoms with Crippen molar-refractivity contribution in [2.75, 3.05) is 13.2 Å². The zero-order valence-electron chi connectivity index (χ0n) is 20.3. The van der Waals surface area contributed by atoms with Gasteiger partial charge < -0.3 is 29.1 Å². The van der Waals surface area contributed by atoms with Crippen LogP contribution in [0, 0.1) is 6.92 Å². The average molecular weight is 483 g/mol. The molecule has 0 aliphatic rings. The summed E-state index contributed by atoms with van der Waals surface area (Å²) in [5.74, 6) is 1.04. The number of aryl methyl sites for hydroxylation is 1. The van der Waals surface area contributed by atoms with Crippen LogP contribution in [-0.4, -0.2) is 41.0 Å². The van der Waals surface area contributed by atoms with Gasteiger partial charge in [0.15, 0.2) is 5.60 Å². The maximum Gasteiger partial charge on any atom is 0.407 e. The molecule has 1 aromatic heterocycles. The maximum absolute atomic E-state index is 11.8. The smallest absolute Gasteiger partial charge is 0.407 e. The molecular formula is C26H30N2O7. The highest BCUT2D eigenvalue weighted by atomic mass is 16.5. The monoisotopic (exact) mass is 482 g/mol. The highest BCUT2D eigenvalue weighted by Crippen LogP contribution is 2.28. The van der Waals surface area contributed by atoms with E-state index in [1.807, 2.05) is 37.3 Å². The van der Waals surface area contributed by atoms with Crippen LogP contribution in [-0.2, 0) is 22.5 Å². The van der Waals surface area contributed by atoms with E-state index in [2.05, 4.69) is 10.3 Å². The van der Waals surface area contributed by atoms with Gasteiger partial charge in [-0.2, -0.15) is 0 Å². The van der Waals surface area contributed by atoms with Crippen molar-refractivity contribution in [2.24, 2.45) is 0 Å². The number of carbonyl (C=O) groups excluding carboxylic acids is 1. The molecule has 0 bridgehead atoms. The fraction of sp³-hybridized carbons (Fsp3) is 0.346. The third-order valence-electron chi connectivity index (χ3n) is 5.13. The molecule has 3 aromatic rings. The molecule has 3 rings (SSSR count). The molecule has 2 N–H and O–H groups in total. The number of carboxylic acid groups (broad SMARTS) is 1. The molecule has 35 heavy (non-hydrogen) atoms. The van der Waals surface area contributed by atoms with Gasteiger partial charge in [0.2, 0.25) is 5.89 Å². The van der Waals surface area contributed by atoms with Gasteiger partial charge in [-0.15, -0.1) is 0 Å². The lowest BCUT2D eigenvalue weighted by Gasteiger charge is -2.24. The summed E-state index contributed by atoms with van der Waals surface area (Å²) < 4.78 is 22.3. The minimum absolute atomic E-state index is 0.0733. The molecule has 0 saturated carbocycles. The average Bonchev–Trinajstić information content (AvgIpc) is 3.20. The Bertz CT molecular complexity index is 1160. The van der Waals surface area contributed by atoms with Crippen LogP contribution in [0.4, 0.5) is 4.79 Å². The summed E-state index contributed by atoms with van der Waals surface area (Å²) in [6.07, 6.45) is -0.0546. The van der Waals surface area contributed by atoms with E-state index in [0.717, 1.165) is 17.0 Å². The van der Waals surface area contributed by atoms with E-state index >= 15 is 0 Å². The van der Waals surface area contributed by atoms with Crippen LogP contribution < -0.4 is 14.8 Å². The number of nitrogens with zero attached hydrogens (tertiary/aromatic N) is 1. The molecule has 0 aliphatic carbocycles. The minimum Gasteiger partial charge on any atom is -0.493 e. The van der Waals surface area contributed by atoms with Crippen molar-refractivity contribution in [2.45, 2.75) is 46.3 Å². The number of benzene rings is 2. The molecule has 186 valence electrons. The van der Waals surface area contributed by atoms with Crippen LogP contribution >= 0.6 is 0 Å². The molecule has 1 heterocycles. The van der Waals surface area contributed by atoms with E-state index in [1.54, 1.807) is 25.1 Å². The predicted molar refractivity (Wildman–Crippen MR) is 129 cm³/mol. The van der Waals surface area contributed by atoms with Crippen molar-refractivity contribution in [3.63, 3.8) is 0 Å². The first-order chi connectivity index (χ1) is 16.7. The third-order valence-corrected chi connectivity index (χ3v) is 5.13. The number of carboxylic acids is 1. The third kappa shape index (κ3) is 6.99. The number of hydrogen-bond acceptors (Lipinski definition) is 7. The molecule has 2 aromatic carbocycles. The number of aliphatic carboxylic acids is 1. The van der Waals surface area contributed by atoms with E-state index in [-0.39, 0.29) is 13.2 Å². The predicted octanol–water partition coefficient (Wildman–Crippen LogP) is 4.76. The summed E-state index contributed by atoms with van der Waals surface area (Å²) in [4.78, 5) is 27.8. The van der Waals surface area contributed by atoms with Crippen molar-refractivity contribution in [3.8, 4) is 23.0 Å². The van der Waals surface area contributed by atoms with Gasteiger partial charge in [-0.1, -0.05) is 18.2 Å². The second kappa shape index (κ2) is 11.4. The standard InChI is InChI=1S/C26H30N2O7/c1-5-32-25(31)27-16-19-15-20(11-12-22(19)35-26(3,4)24(29)30)33-14-13-21-17(2)34-23(28-21)18-9-7-6-8-10-18/h6-12,15H,5,13-14,16H2,1-4H3,(H,27,31)(H,29,30). The van der Waals surface area contributed by atoms with Crippen LogP contribution in [0.5, 0.6) is 11.5 Å². The fourth-order valence-corrected chi connectivity index (χ4v) is 3.18.